The molecule has 0 N–H and O–H groups in total. The van der Waals surface area contributed by atoms with Gasteiger partial charge in [-0.3, -0.25) is 14.7 Å². The number of carbonyl (C=O) groups excluding carboxylic acids is 1. The average Bonchev–Trinajstić information content (AvgIpc) is 2.92. The number of nitrogens with zero attached hydrogens (tertiary/aromatic N) is 4. The Balaban J connectivity index is 1.76. The van der Waals surface area contributed by atoms with E-state index in [4.69, 9.17) is 0 Å². The van der Waals surface area contributed by atoms with Crippen molar-refractivity contribution in [1.82, 2.24) is 15.0 Å². The van der Waals surface area contributed by atoms with Gasteiger partial charge in [0, 0.05) is 24.0 Å². The Morgan fingerprint density at radius 1 is 1.21 bits per heavy atom. The van der Waals surface area contributed by atoms with E-state index in [1.54, 1.807) is 26.0 Å². The molecule has 1 amide bonds. The van der Waals surface area contributed by atoms with Crippen LogP contribution in [-0.4, -0.2) is 27.5 Å². The SMILES string of the molecule is Cc1cc(-c2cncc(OC(F)F)c2)nc2c1C(=O)N(c1ccnc(F)c1)C2C. The summed E-state index contributed by atoms with van der Waals surface area (Å²) in [6.45, 7) is 0.583. The largest absolute Gasteiger partial charge is 0.433 e. The van der Waals surface area contributed by atoms with Crippen LogP contribution >= 0.6 is 0 Å². The van der Waals surface area contributed by atoms with Gasteiger partial charge in [0.15, 0.2) is 0 Å². The van der Waals surface area contributed by atoms with Gasteiger partial charge in [0.2, 0.25) is 5.95 Å². The molecule has 1 aliphatic rings. The highest BCUT2D eigenvalue weighted by Crippen LogP contribution is 2.39. The van der Waals surface area contributed by atoms with Crippen LogP contribution in [0.1, 0.15) is 34.6 Å². The van der Waals surface area contributed by atoms with Gasteiger partial charge in [-0.05, 0) is 37.6 Å². The van der Waals surface area contributed by atoms with Crippen LogP contribution in [0.4, 0.5) is 18.9 Å². The first kappa shape index (κ1) is 18.9. The van der Waals surface area contributed by atoms with Gasteiger partial charge in [-0.15, -0.1) is 0 Å². The third-order valence-electron chi connectivity index (χ3n) is 4.68. The number of halogens is 3. The van der Waals surface area contributed by atoms with E-state index in [0.29, 0.717) is 33.8 Å². The highest BCUT2D eigenvalue weighted by atomic mass is 19.3. The number of amides is 1. The quantitative estimate of drug-likeness (QED) is 0.611. The molecule has 3 aromatic rings. The van der Waals surface area contributed by atoms with Crippen molar-refractivity contribution in [1.29, 1.82) is 0 Å². The van der Waals surface area contributed by atoms with Gasteiger partial charge in [0.05, 0.1) is 34.9 Å². The normalized spacial score (nSPS) is 15.7. The molecule has 0 aromatic carbocycles. The van der Waals surface area contributed by atoms with Crippen LogP contribution in [0.5, 0.6) is 5.75 Å². The fourth-order valence-corrected chi connectivity index (χ4v) is 3.45. The molecule has 0 spiro atoms. The number of aromatic nitrogens is 3. The van der Waals surface area contributed by atoms with E-state index >= 15 is 0 Å². The van der Waals surface area contributed by atoms with Gasteiger partial charge in [-0.25, -0.2) is 9.97 Å². The Labute approximate surface area is 164 Å². The fourth-order valence-electron chi connectivity index (χ4n) is 3.45. The topological polar surface area (TPSA) is 68.2 Å². The van der Waals surface area contributed by atoms with Gasteiger partial charge in [-0.1, -0.05) is 0 Å². The molecule has 0 bridgehead atoms. The number of rotatable bonds is 4. The highest BCUT2D eigenvalue weighted by molar-refractivity contribution is 6.11. The minimum Gasteiger partial charge on any atom is -0.433 e. The fraction of sp³-hybridized carbons (Fsp3) is 0.200. The molecule has 0 saturated carbocycles. The molecule has 0 aliphatic carbocycles. The van der Waals surface area contributed by atoms with Crippen molar-refractivity contribution in [3.05, 3.63) is 65.6 Å². The van der Waals surface area contributed by atoms with Crippen molar-refractivity contribution in [2.24, 2.45) is 0 Å². The van der Waals surface area contributed by atoms with E-state index < -0.39 is 18.6 Å². The Kier molecular flexibility index (Phi) is 4.65. The third-order valence-corrected chi connectivity index (χ3v) is 4.68. The second kappa shape index (κ2) is 7.16. The molecule has 4 heterocycles. The molecular weight excluding hydrogens is 385 g/mol. The summed E-state index contributed by atoms with van der Waals surface area (Å²) in [5.74, 6) is -1.07. The van der Waals surface area contributed by atoms with Crippen molar-refractivity contribution in [2.75, 3.05) is 4.90 Å². The molecule has 9 heteroatoms. The van der Waals surface area contributed by atoms with E-state index in [-0.39, 0.29) is 11.7 Å². The molecule has 0 radical (unpaired) electrons. The van der Waals surface area contributed by atoms with E-state index in [0.717, 1.165) is 0 Å². The third kappa shape index (κ3) is 3.39. The van der Waals surface area contributed by atoms with Crippen LogP contribution in [-0.2, 0) is 0 Å². The van der Waals surface area contributed by atoms with Crippen LogP contribution in [0, 0.1) is 12.9 Å². The minimum absolute atomic E-state index is 0.0875. The summed E-state index contributed by atoms with van der Waals surface area (Å²) in [5, 5.41) is 0. The zero-order valence-electron chi connectivity index (χ0n) is 15.4. The van der Waals surface area contributed by atoms with Crippen molar-refractivity contribution < 1.29 is 22.7 Å². The zero-order chi connectivity index (χ0) is 20.7. The van der Waals surface area contributed by atoms with Crippen LogP contribution in [0.3, 0.4) is 0 Å². The van der Waals surface area contributed by atoms with Crippen LogP contribution in [0.25, 0.3) is 11.3 Å². The lowest BCUT2D eigenvalue weighted by molar-refractivity contribution is -0.0500. The average molecular weight is 400 g/mol. The number of pyridine rings is 3. The number of ether oxygens (including phenoxy) is 1. The molecule has 1 aliphatic heterocycles. The molecule has 1 atom stereocenters. The molecule has 0 fully saturated rings. The summed E-state index contributed by atoms with van der Waals surface area (Å²) in [7, 11) is 0. The number of aryl methyl sites for hydroxylation is 1. The predicted octanol–water partition coefficient (Wildman–Crippen LogP) is 4.31. The van der Waals surface area contributed by atoms with Gasteiger partial charge < -0.3 is 4.74 Å². The lowest BCUT2D eigenvalue weighted by Crippen LogP contribution is -2.26. The van der Waals surface area contributed by atoms with Crippen molar-refractivity contribution in [2.45, 2.75) is 26.5 Å². The molecule has 0 saturated heterocycles. The maximum absolute atomic E-state index is 13.6. The molecular formula is C20H15F3N4O2. The number of hydrogen-bond acceptors (Lipinski definition) is 5. The van der Waals surface area contributed by atoms with Crippen LogP contribution < -0.4 is 9.64 Å². The summed E-state index contributed by atoms with van der Waals surface area (Å²) in [6.07, 6.45) is 3.95. The first-order valence-electron chi connectivity index (χ1n) is 8.72. The van der Waals surface area contributed by atoms with Gasteiger partial charge >= 0.3 is 6.61 Å². The number of carbonyl (C=O) groups is 1. The smallest absolute Gasteiger partial charge is 0.387 e. The number of alkyl halides is 2. The first-order valence-corrected chi connectivity index (χ1v) is 8.72. The predicted molar refractivity (Wildman–Crippen MR) is 98.3 cm³/mol. The summed E-state index contributed by atoms with van der Waals surface area (Å²) < 4.78 is 42.9. The van der Waals surface area contributed by atoms with Crippen molar-refractivity contribution >= 4 is 11.6 Å². The van der Waals surface area contributed by atoms with Crippen molar-refractivity contribution in [3.8, 4) is 17.0 Å². The van der Waals surface area contributed by atoms with E-state index in [2.05, 4.69) is 19.7 Å². The number of fused-ring (bicyclic) bond motifs is 1. The highest BCUT2D eigenvalue weighted by Gasteiger charge is 2.38. The monoisotopic (exact) mass is 400 g/mol. The second-order valence-corrected chi connectivity index (χ2v) is 6.56. The molecule has 3 aromatic heterocycles. The summed E-state index contributed by atoms with van der Waals surface area (Å²) >= 11 is 0. The Bertz CT molecular complexity index is 1110. The van der Waals surface area contributed by atoms with Gasteiger partial charge in [-0.2, -0.15) is 13.2 Å². The van der Waals surface area contributed by atoms with Crippen LogP contribution in [0.15, 0.2) is 42.9 Å². The number of hydrogen-bond donors (Lipinski definition) is 0. The maximum atomic E-state index is 13.6. The summed E-state index contributed by atoms with van der Waals surface area (Å²) in [4.78, 5) is 26.5. The van der Waals surface area contributed by atoms with Gasteiger partial charge in [0.25, 0.3) is 5.91 Å². The van der Waals surface area contributed by atoms with Crippen molar-refractivity contribution in [3.63, 3.8) is 0 Å². The second-order valence-electron chi connectivity index (χ2n) is 6.56. The number of anilines is 1. The van der Waals surface area contributed by atoms with Gasteiger partial charge in [0.1, 0.15) is 5.75 Å². The summed E-state index contributed by atoms with van der Waals surface area (Å²) in [5.41, 5.74) is 2.94. The molecule has 29 heavy (non-hydrogen) atoms. The Morgan fingerprint density at radius 3 is 2.72 bits per heavy atom. The Morgan fingerprint density at radius 2 is 2.00 bits per heavy atom. The first-order chi connectivity index (χ1) is 13.8. The van der Waals surface area contributed by atoms with Crippen LogP contribution in [0.2, 0.25) is 0 Å². The molecule has 4 rings (SSSR count). The van der Waals surface area contributed by atoms with E-state index in [9.17, 15) is 18.0 Å². The maximum Gasteiger partial charge on any atom is 0.387 e. The van der Waals surface area contributed by atoms with E-state index in [1.807, 2.05) is 0 Å². The molecule has 148 valence electrons. The molecule has 1 unspecified atom stereocenters. The minimum atomic E-state index is -2.96. The Hall–Kier alpha value is -3.49. The lowest BCUT2D eigenvalue weighted by Gasteiger charge is -2.21. The lowest BCUT2D eigenvalue weighted by atomic mass is 10.0. The standard InChI is InChI=1S/C20H15F3N4O2/c1-10-5-15(12-6-14(9-24-8-12)29-20(22)23)26-18-11(2)27(19(28)17(10)18)13-3-4-25-16(21)7-13/h3-9,11,20H,1-2H3. The van der Waals surface area contributed by atoms with E-state index in [1.165, 1.54) is 35.6 Å². The summed E-state index contributed by atoms with van der Waals surface area (Å²) in [6, 6.07) is 5.38. The zero-order valence-corrected chi connectivity index (χ0v) is 15.4. The molecule has 6 nitrogen and oxygen atoms in total.